The first kappa shape index (κ1) is 9.64. The van der Waals surface area contributed by atoms with Crippen LogP contribution in [0.5, 0.6) is 0 Å². The highest BCUT2D eigenvalue weighted by atomic mass is 16.1. The van der Waals surface area contributed by atoms with Gasteiger partial charge in [0.15, 0.2) is 0 Å². The molecule has 2 heterocycles. The molecule has 0 saturated carbocycles. The third-order valence-corrected chi connectivity index (χ3v) is 2.38. The Morgan fingerprint density at radius 1 is 1.13 bits per heavy atom. The van der Waals surface area contributed by atoms with E-state index in [2.05, 4.69) is 4.98 Å². The molecule has 0 aliphatic heterocycles. The van der Waals surface area contributed by atoms with Crippen LogP contribution >= 0.6 is 0 Å². The van der Waals surface area contributed by atoms with Crippen molar-refractivity contribution in [2.75, 3.05) is 0 Å². The molecule has 2 aromatic heterocycles. The van der Waals surface area contributed by atoms with Gasteiger partial charge in [-0.15, -0.1) is 0 Å². The minimum atomic E-state index is -0.297. The summed E-state index contributed by atoms with van der Waals surface area (Å²) in [6, 6.07) is 0. The van der Waals surface area contributed by atoms with Crippen molar-refractivity contribution in [3.63, 3.8) is 0 Å². The van der Waals surface area contributed by atoms with Crippen LogP contribution in [-0.2, 0) is 7.05 Å². The largest absolute Gasteiger partial charge is 0.293 e. The number of rotatable bonds is 0. The molecule has 0 spiro atoms. The topological polar surface area (TPSA) is 56.4 Å². The van der Waals surface area contributed by atoms with Crippen LogP contribution in [-0.4, -0.2) is 14.0 Å². The number of fused-ring (bicyclic) bond motifs is 1. The van der Waals surface area contributed by atoms with Gasteiger partial charge in [0.2, 0.25) is 5.78 Å². The summed E-state index contributed by atoms with van der Waals surface area (Å²) in [5.41, 5.74) is 0.750. The number of hydrogen-bond acceptors (Lipinski definition) is 3. The average Bonchev–Trinajstić information content (AvgIpc) is 2.19. The highest BCUT2D eigenvalue weighted by molar-refractivity contribution is 5.31. The predicted octanol–water partition coefficient (Wildman–Crippen LogP) is 0.0100. The van der Waals surface area contributed by atoms with Crippen LogP contribution in [0, 0.1) is 13.8 Å². The summed E-state index contributed by atoms with van der Waals surface area (Å²) >= 11 is 0. The fourth-order valence-corrected chi connectivity index (χ4v) is 1.52. The van der Waals surface area contributed by atoms with Gasteiger partial charge in [0.05, 0.1) is 0 Å². The summed E-state index contributed by atoms with van der Waals surface area (Å²) in [4.78, 5) is 26.8. The molecule has 5 nitrogen and oxygen atoms in total. The van der Waals surface area contributed by atoms with Crippen LogP contribution in [0.25, 0.3) is 5.78 Å². The standard InChI is InChI=1S/C10H11N3O2/c1-6-4-13-5-7(2)9(15)12(3)10(13)11-8(6)14/h4-5H,1-3H3. The Morgan fingerprint density at radius 3 is 2.40 bits per heavy atom. The summed E-state index contributed by atoms with van der Waals surface area (Å²) < 4.78 is 3.06. The number of nitrogens with zero attached hydrogens (tertiary/aromatic N) is 3. The third-order valence-electron chi connectivity index (χ3n) is 2.38. The molecule has 0 radical (unpaired) electrons. The summed E-state index contributed by atoms with van der Waals surface area (Å²) in [7, 11) is 1.60. The predicted molar refractivity (Wildman–Crippen MR) is 56.2 cm³/mol. The van der Waals surface area contributed by atoms with E-state index in [1.165, 1.54) is 4.57 Å². The van der Waals surface area contributed by atoms with E-state index in [4.69, 9.17) is 0 Å². The number of hydrogen-bond donors (Lipinski definition) is 0. The smallest absolute Gasteiger partial charge is 0.277 e. The van der Waals surface area contributed by atoms with Crippen LogP contribution in [0.2, 0.25) is 0 Å². The van der Waals surface area contributed by atoms with Crippen LogP contribution < -0.4 is 11.1 Å². The van der Waals surface area contributed by atoms with Gasteiger partial charge in [-0.3, -0.25) is 18.6 Å². The quantitative estimate of drug-likeness (QED) is 0.608. The zero-order valence-corrected chi connectivity index (χ0v) is 8.81. The molecule has 78 valence electrons. The van der Waals surface area contributed by atoms with Crippen LogP contribution in [0.15, 0.2) is 22.0 Å². The first-order valence-electron chi connectivity index (χ1n) is 4.57. The first-order valence-corrected chi connectivity index (χ1v) is 4.57. The lowest BCUT2D eigenvalue weighted by atomic mass is 10.3. The van der Waals surface area contributed by atoms with E-state index >= 15 is 0 Å². The van der Waals surface area contributed by atoms with Crippen molar-refractivity contribution in [3.05, 3.63) is 44.2 Å². The van der Waals surface area contributed by atoms with E-state index < -0.39 is 0 Å². The first-order chi connectivity index (χ1) is 7.00. The Bertz CT molecular complexity index is 647. The lowest BCUT2D eigenvalue weighted by molar-refractivity contribution is 0.804. The highest BCUT2D eigenvalue weighted by Crippen LogP contribution is 1.97. The molecular formula is C10H11N3O2. The van der Waals surface area contributed by atoms with Crippen molar-refractivity contribution < 1.29 is 0 Å². The van der Waals surface area contributed by atoms with Gasteiger partial charge in [-0.1, -0.05) is 0 Å². The third kappa shape index (κ3) is 1.36. The van der Waals surface area contributed by atoms with E-state index in [1.54, 1.807) is 37.7 Å². The van der Waals surface area contributed by atoms with E-state index in [0.29, 0.717) is 16.9 Å². The van der Waals surface area contributed by atoms with Gasteiger partial charge in [-0.2, -0.15) is 4.98 Å². The second-order valence-electron chi connectivity index (χ2n) is 3.61. The van der Waals surface area contributed by atoms with Crippen molar-refractivity contribution >= 4 is 5.78 Å². The van der Waals surface area contributed by atoms with Crippen LogP contribution in [0.3, 0.4) is 0 Å². The molecular weight excluding hydrogens is 194 g/mol. The lowest BCUT2D eigenvalue weighted by Crippen LogP contribution is -2.25. The monoisotopic (exact) mass is 205 g/mol. The molecule has 0 atom stereocenters. The molecule has 0 unspecified atom stereocenters. The molecule has 15 heavy (non-hydrogen) atoms. The van der Waals surface area contributed by atoms with Crippen molar-refractivity contribution in [2.45, 2.75) is 13.8 Å². The minimum Gasteiger partial charge on any atom is -0.293 e. The van der Waals surface area contributed by atoms with Gasteiger partial charge >= 0.3 is 0 Å². The lowest BCUT2D eigenvalue weighted by Gasteiger charge is -2.06. The van der Waals surface area contributed by atoms with E-state index in [9.17, 15) is 9.59 Å². The van der Waals surface area contributed by atoms with Crippen molar-refractivity contribution in [3.8, 4) is 0 Å². The SMILES string of the molecule is Cc1cn2cc(C)c(=O)n(C)c2nc1=O. The summed E-state index contributed by atoms with van der Waals surface area (Å²) in [5, 5.41) is 0. The van der Waals surface area contributed by atoms with Crippen molar-refractivity contribution in [2.24, 2.45) is 7.05 Å². The Morgan fingerprint density at radius 2 is 1.73 bits per heavy atom. The molecule has 0 aliphatic carbocycles. The molecule has 0 fully saturated rings. The zero-order valence-electron chi connectivity index (χ0n) is 8.81. The van der Waals surface area contributed by atoms with Gasteiger partial charge < -0.3 is 0 Å². The molecule has 2 rings (SSSR count). The summed E-state index contributed by atoms with van der Waals surface area (Å²) in [5.74, 6) is 0.362. The fourth-order valence-electron chi connectivity index (χ4n) is 1.52. The maximum Gasteiger partial charge on any atom is 0.277 e. The maximum atomic E-state index is 11.6. The Labute approximate surface area is 85.6 Å². The van der Waals surface area contributed by atoms with Gasteiger partial charge in [0, 0.05) is 30.6 Å². The zero-order chi connectivity index (χ0) is 11.2. The van der Waals surface area contributed by atoms with Crippen LogP contribution in [0.4, 0.5) is 0 Å². The number of aryl methyl sites for hydroxylation is 3. The van der Waals surface area contributed by atoms with Gasteiger partial charge in [-0.05, 0) is 13.8 Å². The molecule has 0 aromatic carbocycles. The maximum absolute atomic E-state index is 11.6. The van der Waals surface area contributed by atoms with Gasteiger partial charge in [0.1, 0.15) is 0 Å². The second kappa shape index (κ2) is 3.05. The molecule has 0 bridgehead atoms. The van der Waals surface area contributed by atoms with E-state index in [-0.39, 0.29) is 11.1 Å². The van der Waals surface area contributed by atoms with E-state index in [1.807, 2.05) is 0 Å². The molecule has 0 aliphatic rings. The molecule has 2 aromatic rings. The Kier molecular flexibility index (Phi) is 1.96. The molecule has 0 N–H and O–H groups in total. The normalized spacial score (nSPS) is 10.9. The van der Waals surface area contributed by atoms with E-state index in [0.717, 1.165) is 0 Å². The number of aromatic nitrogens is 3. The van der Waals surface area contributed by atoms with Crippen molar-refractivity contribution in [1.82, 2.24) is 14.0 Å². The molecule has 5 heteroatoms. The Balaban J connectivity index is 3.06. The summed E-state index contributed by atoms with van der Waals surface area (Å²) in [6.07, 6.45) is 3.36. The minimum absolute atomic E-state index is 0.134. The van der Waals surface area contributed by atoms with Gasteiger partial charge in [0.25, 0.3) is 11.1 Å². The molecule has 0 saturated heterocycles. The van der Waals surface area contributed by atoms with Crippen molar-refractivity contribution in [1.29, 1.82) is 0 Å². The average molecular weight is 205 g/mol. The fraction of sp³-hybridized carbons (Fsp3) is 0.300. The Hall–Kier alpha value is -1.91. The summed E-state index contributed by atoms with van der Waals surface area (Å²) in [6.45, 7) is 3.43. The highest BCUT2D eigenvalue weighted by Gasteiger charge is 2.05. The van der Waals surface area contributed by atoms with Gasteiger partial charge in [-0.25, -0.2) is 0 Å². The second-order valence-corrected chi connectivity index (χ2v) is 3.61. The van der Waals surface area contributed by atoms with Crippen LogP contribution in [0.1, 0.15) is 11.1 Å². The molecule has 0 amide bonds.